The predicted octanol–water partition coefficient (Wildman–Crippen LogP) is 4.58. The standard InChI is InChI=1S/C18H22ClNO/c1-4-14(15-5-6-18(19)12(2)7-15)8-17-9-16(11-21)13(3)10-20-17/h5-7,9-10,14,21H,4,8,11H2,1-3H3/t14-/m0/s1. The van der Waals surface area contributed by atoms with Crippen LogP contribution in [0.4, 0.5) is 0 Å². The Bertz CT molecular complexity index is 625. The number of pyridine rings is 1. The molecule has 2 aromatic rings. The van der Waals surface area contributed by atoms with E-state index in [2.05, 4.69) is 24.0 Å². The molecule has 0 bridgehead atoms. The highest BCUT2D eigenvalue weighted by Crippen LogP contribution is 2.27. The van der Waals surface area contributed by atoms with Crippen LogP contribution in [0.2, 0.25) is 5.02 Å². The van der Waals surface area contributed by atoms with Crippen LogP contribution in [0, 0.1) is 13.8 Å². The molecule has 0 aliphatic rings. The van der Waals surface area contributed by atoms with Crippen molar-refractivity contribution >= 4 is 11.6 Å². The van der Waals surface area contributed by atoms with Crippen LogP contribution < -0.4 is 0 Å². The Hall–Kier alpha value is -1.38. The van der Waals surface area contributed by atoms with Gasteiger partial charge in [0.05, 0.1) is 6.61 Å². The number of nitrogens with zero attached hydrogens (tertiary/aromatic N) is 1. The van der Waals surface area contributed by atoms with E-state index in [0.29, 0.717) is 5.92 Å². The lowest BCUT2D eigenvalue weighted by molar-refractivity contribution is 0.280. The van der Waals surface area contributed by atoms with Gasteiger partial charge in [0.1, 0.15) is 0 Å². The van der Waals surface area contributed by atoms with Gasteiger partial charge in [-0.2, -0.15) is 0 Å². The molecule has 1 atom stereocenters. The average molecular weight is 304 g/mol. The first-order chi connectivity index (χ1) is 10.0. The van der Waals surface area contributed by atoms with Crippen LogP contribution in [0.25, 0.3) is 0 Å². The predicted molar refractivity (Wildman–Crippen MR) is 87.8 cm³/mol. The summed E-state index contributed by atoms with van der Waals surface area (Å²) < 4.78 is 0. The highest BCUT2D eigenvalue weighted by Gasteiger charge is 2.13. The summed E-state index contributed by atoms with van der Waals surface area (Å²) in [7, 11) is 0. The van der Waals surface area contributed by atoms with Crippen molar-refractivity contribution < 1.29 is 5.11 Å². The van der Waals surface area contributed by atoms with E-state index in [1.165, 1.54) is 5.56 Å². The zero-order valence-corrected chi connectivity index (χ0v) is 13.6. The number of hydrogen-bond acceptors (Lipinski definition) is 2. The molecule has 0 saturated carbocycles. The lowest BCUT2D eigenvalue weighted by Gasteiger charge is -2.17. The first kappa shape index (κ1) is 16.0. The van der Waals surface area contributed by atoms with E-state index >= 15 is 0 Å². The van der Waals surface area contributed by atoms with E-state index < -0.39 is 0 Å². The molecule has 2 rings (SSSR count). The van der Waals surface area contributed by atoms with Crippen molar-refractivity contribution in [3.8, 4) is 0 Å². The fourth-order valence-electron chi connectivity index (χ4n) is 2.57. The van der Waals surface area contributed by atoms with E-state index in [0.717, 1.165) is 40.2 Å². The van der Waals surface area contributed by atoms with Crippen molar-refractivity contribution in [2.45, 2.75) is 46.1 Å². The second kappa shape index (κ2) is 7.06. The fraction of sp³-hybridized carbons (Fsp3) is 0.389. The lowest BCUT2D eigenvalue weighted by atomic mass is 9.90. The molecule has 1 N–H and O–H groups in total. The molecule has 112 valence electrons. The third kappa shape index (κ3) is 3.84. The molecule has 3 heteroatoms. The van der Waals surface area contributed by atoms with Crippen molar-refractivity contribution in [3.05, 3.63) is 63.4 Å². The maximum Gasteiger partial charge on any atom is 0.0685 e. The molecule has 0 aliphatic heterocycles. The topological polar surface area (TPSA) is 33.1 Å². The zero-order valence-electron chi connectivity index (χ0n) is 12.9. The molecule has 21 heavy (non-hydrogen) atoms. The Kier molecular flexibility index (Phi) is 5.38. The quantitative estimate of drug-likeness (QED) is 0.877. The van der Waals surface area contributed by atoms with E-state index in [1.54, 1.807) is 0 Å². The van der Waals surface area contributed by atoms with Crippen LogP contribution in [0.15, 0.2) is 30.5 Å². The zero-order chi connectivity index (χ0) is 15.4. The van der Waals surface area contributed by atoms with Gasteiger partial charge >= 0.3 is 0 Å². The summed E-state index contributed by atoms with van der Waals surface area (Å²) in [5, 5.41) is 10.2. The molecule has 2 nitrogen and oxygen atoms in total. The van der Waals surface area contributed by atoms with E-state index in [9.17, 15) is 5.11 Å². The van der Waals surface area contributed by atoms with Crippen LogP contribution in [-0.4, -0.2) is 10.1 Å². The van der Waals surface area contributed by atoms with Crippen LogP contribution in [0.5, 0.6) is 0 Å². The largest absolute Gasteiger partial charge is 0.392 e. The van der Waals surface area contributed by atoms with Gasteiger partial charge in [0.25, 0.3) is 0 Å². The van der Waals surface area contributed by atoms with Crippen LogP contribution in [-0.2, 0) is 13.0 Å². The molecule has 0 saturated heterocycles. The normalized spacial score (nSPS) is 12.4. The third-order valence-corrected chi connectivity index (χ3v) is 4.47. The van der Waals surface area contributed by atoms with Crippen molar-refractivity contribution in [1.82, 2.24) is 4.98 Å². The molecule has 0 spiro atoms. The Morgan fingerprint density at radius 1 is 1.19 bits per heavy atom. The Labute approximate surface area is 131 Å². The molecule has 1 aromatic carbocycles. The number of aliphatic hydroxyl groups excluding tert-OH is 1. The summed E-state index contributed by atoms with van der Waals surface area (Å²) in [5.41, 5.74) is 5.44. The summed E-state index contributed by atoms with van der Waals surface area (Å²) in [6.45, 7) is 6.27. The molecule has 0 unspecified atom stereocenters. The average Bonchev–Trinajstić information content (AvgIpc) is 2.49. The Morgan fingerprint density at radius 2 is 1.95 bits per heavy atom. The number of aliphatic hydroxyl groups is 1. The Morgan fingerprint density at radius 3 is 2.57 bits per heavy atom. The maximum atomic E-state index is 9.38. The fourth-order valence-corrected chi connectivity index (χ4v) is 2.69. The second-order valence-electron chi connectivity index (χ2n) is 5.58. The van der Waals surface area contributed by atoms with Crippen LogP contribution >= 0.6 is 11.6 Å². The van der Waals surface area contributed by atoms with Gasteiger partial charge < -0.3 is 5.11 Å². The molecular formula is C18H22ClNO. The summed E-state index contributed by atoms with van der Waals surface area (Å²) in [4.78, 5) is 4.50. The van der Waals surface area contributed by atoms with E-state index in [4.69, 9.17) is 11.6 Å². The highest BCUT2D eigenvalue weighted by atomic mass is 35.5. The summed E-state index contributed by atoms with van der Waals surface area (Å²) >= 11 is 6.11. The summed E-state index contributed by atoms with van der Waals surface area (Å²) in [6, 6.07) is 8.25. The number of benzene rings is 1. The van der Waals surface area contributed by atoms with Crippen molar-refractivity contribution in [1.29, 1.82) is 0 Å². The SMILES string of the molecule is CC[C@@H](Cc1cc(CO)c(C)cn1)c1ccc(Cl)c(C)c1. The third-order valence-electron chi connectivity index (χ3n) is 4.04. The molecule has 0 fully saturated rings. The molecule has 0 amide bonds. The van der Waals surface area contributed by atoms with Crippen molar-refractivity contribution in [3.63, 3.8) is 0 Å². The molecular weight excluding hydrogens is 282 g/mol. The van der Waals surface area contributed by atoms with Gasteiger partial charge in [-0.05, 0) is 67.0 Å². The first-order valence-corrected chi connectivity index (χ1v) is 7.74. The number of aryl methyl sites for hydroxylation is 2. The van der Waals surface area contributed by atoms with Gasteiger partial charge in [-0.1, -0.05) is 30.7 Å². The second-order valence-corrected chi connectivity index (χ2v) is 5.99. The van der Waals surface area contributed by atoms with Crippen molar-refractivity contribution in [2.24, 2.45) is 0 Å². The molecule has 1 aromatic heterocycles. The van der Waals surface area contributed by atoms with E-state index in [-0.39, 0.29) is 6.61 Å². The van der Waals surface area contributed by atoms with Gasteiger partial charge in [-0.25, -0.2) is 0 Å². The summed E-state index contributed by atoms with van der Waals surface area (Å²) in [5.74, 6) is 0.419. The molecule has 0 radical (unpaired) electrons. The first-order valence-electron chi connectivity index (χ1n) is 7.36. The minimum Gasteiger partial charge on any atom is -0.392 e. The summed E-state index contributed by atoms with van der Waals surface area (Å²) in [6.07, 6.45) is 3.77. The number of aromatic nitrogens is 1. The van der Waals surface area contributed by atoms with Gasteiger partial charge in [-0.15, -0.1) is 0 Å². The molecule has 0 aliphatic carbocycles. The van der Waals surface area contributed by atoms with Crippen LogP contribution in [0.3, 0.4) is 0 Å². The smallest absolute Gasteiger partial charge is 0.0685 e. The van der Waals surface area contributed by atoms with Gasteiger partial charge in [-0.3, -0.25) is 4.98 Å². The number of rotatable bonds is 5. The minimum atomic E-state index is 0.0677. The lowest BCUT2D eigenvalue weighted by Crippen LogP contribution is -2.05. The van der Waals surface area contributed by atoms with Gasteiger partial charge in [0.2, 0.25) is 0 Å². The number of hydrogen-bond donors (Lipinski definition) is 1. The van der Waals surface area contributed by atoms with Gasteiger partial charge in [0, 0.05) is 16.9 Å². The van der Waals surface area contributed by atoms with Crippen molar-refractivity contribution in [2.75, 3.05) is 0 Å². The monoisotopic (exact) mass is 303 g/mol. The minimum absolute atomic E-state index is 0.0677. The maximum absolute atomic E-state index is 9.38. The Balaban J connectivity index is 2.24. The van der Waals surface area contributed by atoms with E-state index in [1.807, 2.05) is 32.2 Å². The highest BCUT2D eigenvalue weighted by molar-refractivity contribution is 6.31. The van der Waals surface area contributed by atoms with Crippen LogP contribution in [0.1, 0.15) is 47.2 Å². The van der Waals surface area contributed by atoms with Gasteiger partial charge in [0.15, 0.2) is 0 Å². The molecule has 1 heterocycles. The number of halogens is 1.